The molecule has 0 aliphatic rings. The lowest BCUT2D eigenvalue weighted by molar-refractivity contribution is 0.185. The van der Waals surface area contributed by atoms with E-state index in [1.807, 2.05) is 30.3 Å². The second kappa shape index (κ2) is 8.14. The lowest BCUT2D eigenvalue weighted by Gasteiger charge is -2.10. The molecule has 30 heavy (non-hydrogen) atoms. The number of fused-ring (bicyclic) bond motifs is 1. The first-order valence-corrected chi connectivity index (χ1v) is 10.7. The Kier molecular flexibility index (Phi) is 5.39. The van der Waals surface area contributed by atoms with Crippen LogP contribution < -0.4 is 10.3 Å². The van der Waals surface area contributed by atoms with Crippen molar-refractivity contribution in [2.45, 2.75) is 11.5 Å². The van der Waals surface area contributed by atoms with E-state index in [-0.39, 0.29) is 17.1 Å². The van der Waals surface area contributed by atoms with E-state index in [2.05, 4.69) is 4.72 Å². The molecule has 6 nitrogen and oxygen atoms in total. The fourth-order valence-electron chi connectivity index (χ4n) is 3.24. The first-order chi connectivity index (χ1) is 14.5. The molecule has 4 aromatic rings. The van der Waals surface area contributed by atoms with Crippen molar-refractivity contribution in [2.75, 3.05) is 11.8 Å². The summed E-state index contributed by atoms with van der Waals surface area (Å²) in [5.74, 6) is 0. The average molecular weight is 421 g/mol. The zero-order chi connectivity index (χ0) is 21.1. The first-order valence-electron chi connectivity index (χ1n) is 9.20. The summed E-state index contributed by atoms with van der Waals surface area (Å²) in [5, 5.41) is 0.687. The molecule has 0 amide bonds. The summed E-state index contributed by atoms with van der Waals surface area (Å²) in [5.41, 5.74) is 2.67. The van der Waals surface area contributed by atoms with Crippen molar-refractivity contribution in [2.24, 2.45) is 0 Å². The van der Waals surface area contributed by atoms with Crippen molar-refractivity contribution < 1.29 is 17.6 Å². The van der Waals surface area contributed by atoms with E-state index in [0.717, 1.165) is 11.1 Å². The molecule has 3 aromatic carbocycles. The van der Waals surface area contributed by atoms with E-state index >= 15 is 0 Å². The molecule has 1 N–H and O–H groups in total. The minimum absolute atomic E-state index is 0.136. The molecule has 1 heterocycles. The van der Waals surface area contributed by atoms with Gasteiger partial charge in [0.15, 0.2) is 0 Å². The molecule has 0 saturated carbocycles. The van der Waals surface area contributed by atoms with Crippen LogP contribution in [0, 0.1) is 0 Å². The van der Waals surface area contributed by atoms with Crippen LogP contribution in [-0.4, -0.2) is 15.5 Å². The van der Waals surface area contributed by atoms with Crippen molar-refractivity contribution in [3.63, 3.8) is 0 Å². The molecule has 7 heteroatoms. The van der Waals surface area contributed by atoms with Gasteiger partial charge < -0.3 is 9.15 Å². The number of sulfonamides is 1. The van der Waals surface area contributed by atoms with Gasteiger partial charge in [0.2, 0.25) is 0 Å². The first kappa shape index (κ1) is 19.9. The molecule has 4 rings (SSSR count). The molecule has 152 valence electrons. The van der Waals surface area contributed by atoms with Gasteiger partial charge in [0, 0.05) is 24.6 Å². The van der Waals surface area contributed by atoms with Crippen LogP contribution in [-0.2, 0) is 21.4 Å². The molecule has 0 atom stereocenters. The summed E-state index contributed by atoms with van der Waals surface area (Å²) in [4.78, 5) is 11.9. The molecule has 0 aliphatic heterocycles. The molecular formula is C23H19NO5S. The number of methoxy groups -OCH3 is 1. The Morgan fingerprint density at radius 2 is 1.60 bits per heavy atom. The second-order valence-electron chi connectivity index (χ2n) is 6.73. The van der Waals surface area contributed by atoms with Gasteiger partial charge in [-0.2, -0.15) is 0 Å². The molecule has 0 aliphatic carbocycles. The average Bonchev–Trinajstić information content (AvgIpc) is 2.74. The highest BCUT2D eigenvalue weighted by atomic mass is 32.2. The predicted molar refractivity (Wildman–Crippen MR) is 116 cm³/mol. The van der Waals surface area contributed by atoms with E-state index in [4.69, 9.17) is 9.15 Å². The third-order valence-electron chi connectivity index (χ3n) is 4.65. The van der Waals surface area contributed by atoms with Crippen LogP contribution in [0.3, 0.4) is 0 Å². The van der Waals surface area contributed by atoms with Crippen LogP contribution in [0.1, 0.15) is 5.56 Å². The van der Waals surface area contributed by atoms with Gasteiger partial charge in [-0.05, 0) is 41.0 Å². The summed E-state index contributed by atoms with van der Waals surface area (Å²) in [6.45, 7) is 0.251. The van der Waals surface area contributed by atoms with Crippen molar-refractivity contribution in [3.05, 3.63) is 94.8 Å². The van der Waals surface area contributed by atoms with Crippen LogP contribution in [0.2, 0.25) is 0 Å². The molecule has 0 radical (unpaired) electrons. The van der Waals surface area contributed by atoms with Gasteiger partial charge in [-0.1, -0.05) is 42.5 Å². The molecule has 0 spiro atoms. The fraction of sp³-hybridized carbons (Fsp3) is 0.0870. The molecule has 0 saturated heterocycles. The van der Waals surface area contributed by atoms with Gasteiger partial charge in [0.1, 0.15) is 5.58 Å². The Morgan fingerprint density at radius 1 is 0.900 bits per heavy atom. The maximum Gasteiger partial charge on any atom is 0.336 e. The van der Waals surface area contributed by atoms with Crippen LogP contribution in [0.25, 0.3) is 22.1 Å². The highest BCUT2D eigenvalue weighted by molar-refractivity contribution is 7.92. The van der Waals surface area contributed by atoms with Crippen LogP contribution in [0.4, 0.5) is 5.69 Å². The summed E-state index contributed by atoms with van der Waals surface area (Å²) in [6.07, 6.45) is 0. The normalized spacial score (nSPS) is 11.5. The van der Waals surface area contributed by atoms with Crippen molar-refractivity contribution in [1.29, 1.82) is 0 Å². The standard InChI is InChI=1S/C23H19NO5S/c1-28-15-18-13-23(25)29-22-14-19(9-12-21(18)22)24-30(26,27)20-10-7-17(8-11-20)16-5-3-2-4-6-16/h2-14,24H,15H2,1H3. The lowest BCUT2D eigenvalue weighted by Crippen LogP contribution is -2.13. The highest BCUT2D eigenvalue weighted by Gasteiger charge is 2.15. The number of ether oxygens (including phenoxy) is 1. The number of anilines is 1. The van der Waals surface area contributed by atoms with E-state index in [9.17, 15) is 13.2 Å². The van der Waals surface area contributed by atoms with E-state index in [0.29, 0.717) is 16.6 Å². The maximum atomic E-state index is 12.8. The van der Waals surface area contributed by atoms with Gasteiger partial charge in [-0.15, -0.1) is 0 Å². The number of rotatable bonds is 6. The summed E-state index contributed by atoms with van der Waals surface area (Å²) in [7, 11) is -2.27. The Hall–Kier alpha value is -3.42. The summed E-state index contributed by atoms with van der Waals surface area (Å²) >= 11 is 0. The highest BCUT2D eigenvalue weighted by Crippen LogP contribution is 2.25. The quantitative estimate of drug-likeness (QED) is 0.466. The molecule has 0 unspecified atom stereocenters. The zero-order valence-corrected chi connectivity index (χ0v) is 17.0. The summed E-state index contributed by atoms with van der Waals surface area (Å²) < 4.78 is 38.5. The third kappa shape index (κ3) is 4.12. The molecule has 0 fully saturated rings. The second-order valence-corrected chi connectivity index (χ2v) is 8.41. The van der Waals surface area contributed by atoms with Gasteiger partial charge in [0.25, 0.3) is 10.0 Å². The summed E-state index contributed by atoms with van der Waals surface area (Å²) in [6, 6.07) is 22.5. The Labute approximate surface area is 173 Å². The predicted octanol–water partition coefficient (Wildman–Crippen LogP) is 4.41. The number of hydrogen-bond acceptors (Lipinski definition) is 5. The van der Waals surface area contributed by atoms with Crippen molar-refractivity contribution in [1.82, 2.24) is 0 Å². The zero-order valence-electron chi connectivity index (χ0n) is 16.2. The molecule has 0 bridgehead atoms. The smallest absolute Gasteiger partial charge is 0.336 e. The minimum Gasteiger partial charge on any atom is -0.423 e. The Bertz CT molecular complexity index is 1340. The maximum absolute atomic E-state index is 12.8. The van der Waals surface area contributed by atoms with Gasteiger partial charge in [0.05, 0.1) is 17.2 Å². The minimum atomic E-state index is -3.81. The Morgan fingerprint density at radius 3 is 2.30 bits per heavy atom. The van der Waals surface area contributed by atoms with Gasteiger partial charge in [-0.3, -0.25) is 4.72 Å². The van der Waals surface area contributed by atoms with Gasteiger partial charge in [-0.25, -0.2) is 13.2 Å². The lowest BCUT2D eigenvalue weighted by atomic mass is 10.1. The monoisotopic (exact) mass is 421 g/mol. The number of nitrogens with one attached hydrogen (secondary N) is 1. The van der Waals surface area contributed by atoms with Crippen LogP contribution in [0.15, 0.2) is 93.0 Å². The molecular weight excluding hydrogens is 402 g/mol. The van der Waals surface area contributed by atoms with Crippen molar-refractivity contribution in [3.8, 4) is 11.1 Å². The van der Waals surface area contributed by atoms with Gasteiger partial charge >= 0.3 is 5.63 Å². The SMILES string of the molecule is COCc1cc(=O)oc2cc(NS(=O)(=O)c3ccc(-c4ccccc4)cc3)ccc12. The Balaban J connectivity index is 1.63. The van der Waals surface area contributed by atoms with Crippen molar-refractivity contribution >= 4 is 26.7 Å². The van der Waals surface area contributed by atoms with Crippen LogP contribution >= 0.6 is 0 Å². The van der Waals surface area contributed by atoms with E-state index in [1.54, 1.807) is 36.4 Å². The largest absolute Gasteiger partial charge is 0.423 e. The third-order valence-corrected chi connectivity index (χ3v) is 6.05. The number of hydrogen-bond donors (Lipinski definition) is 1. The molecule has 1 aromatic heterocycles. The van der Waals surface area contributed by atoms with E-state index in [1.165, 1.54) is 19.2 Å². The van der Waals surface area contributed by atoms with E-state index < -0.39 is 15.6 Å². The number of benzene rings is 3. The fourth-order valence-corrected chi connectivity index (χ4v) is 4.29. The topological polar surface area (TPSA) is 85.6 Å². The van der Waals surface area contributed by atoms with Crippen LogP contribution in [0.5, 0.6) is 0 Å².